The number of imidazole rings is 1. The zero-order chi connectivity index (χ0) is 35.9. The monoisotopic (exact) mass is 680 g/mol. The first-order valence-corrected chi connectivity index (χ1v) is 14.9. The number of imide groups is 1. The molecule has 50 heavy (non-hydrogen) atoms. The number of carboxylic acid groups (broad SMARTS) is 1. The van der Waals surface area contributed by atoms with Crippen molar-refractivity contribution in [2.45, 2.75) is 19.4 Å². The van der Waals surface area contributed by atoms with E-state index in [-0.39, 0.29) is 47.6 Å². The normalized spacial score (nSPS) is 13.1. The quantitative estimate of drug-likeness (QED) is 0.0524. The second kappa shape index (κ2) is 14.8. The Morgan fingerprint density at radius 3 is 2.14 bits per heavy atom. The Labute approximate surface area is 281 Å². The van der Waals surface area contributed by atoms with E-state index in [2.05, 4.69) is 36.1 Å². The highest BCUT2D eigenvalue weighted by atomic mass is 16.4. The predicted molar refractivity (Wildman–Crippen MR) is 177 cm³/mol. The van der Waals surface area contributed by atoms with Crippen LogP contribution in [0.15, 0.2) is 87.8 Å². The molecule has 0 radical (unpaired) electrons. The van der Waals surface area contributed by atoms with Crippen molar-refractivity contribution in [3.63, 3.8) is 0 Å². The first-order chi connectivity index (χ1) is 23.9. The van der Waals surface area contributed by atoms with E-state index >= 15 is 0 Å². The molecule has 254 valence electrons. The lowest BCUT2D eigenvalue weighted by molar-refractivity contribution is -0.137. The molecule has 0 saturated carbocycles. The van der Waals surface area contributed by atoms with Crippen LogP contribution < -0.4 is 21.6 Å². The number of aromatic amines is 2. The number of H-pyrrole nitrogens is 2. The third kappa shape index (κ3) is 8.26. The molecule has 5 rings (SSSR count). The van der Waals surface area contributed by atoms with Crippen LogP contribution in [0.5, 0.6) is 0 Å². The molecule has 0 aliphatic carbocycles. The minimum absolute atomic E-state index is 0.0282. The summed E-state index contributed by atoms with van der Waals surface area (Å²) in [7, 11) is 0. The summed E-state index contributed by atoms with van der Waals surface area (Å²) in [6.45, 7) is 1.35. The topological polar surface area (TPSA) is 252 Å². The van der Waals surface area contributed by atoms with E-state index in [1.807, 2.05) is 0 Å². The highest BCUT2D eigenvalue weighted by Gasteiger charge is 2.24. The van der Waals surface area contributed by atoms with Crippen molar-refractivity contribution in [3.05, 3.63) is 100.0 Å². The minimum atomic E-state index is -1.48. The van der Waals surface area contributed by atoms with Crippen LogP contribution in [0.4, 0.5) is 17.1 Å². The number of benzene rings is 3. The molecule has 1 aromatic heterocycles. The van der Waals surface area contributed by atoms with Gasteiger partial charge in [-0.25, -0.2) is 9.59 Å². The standard InChI is InChI=1S/C33H28N8O9/c1-17(42)28(31(47)35-22-7-8-24-25(16-22)38-33(50)37-24)40-39-21-5-3-18(4-6-21)30(46)36-23-14-19(13-20(15-23)32(48)49)29(45)34-11-2-12-41-26(43)9-10-27(41)44/h3-10,13-16,28H,2,11-12H2,1H3,(H,34,45)(H,35,47)(H,36,46)(H,48,49)(H2,37,38,50). The average molecular weight is 681 g/mol. The van der Waals surface area contributed by atoms with Crippen LogP contribution in [0.3, 0.4) is 0 Å². The molecule has 17 nitrogen and oxygen atoms in total. The van der Waals surface area contributed by atoms with Gasteiger partial charge in [0.15, 0.2) is 5.78 Å². The number of rotatable bonds is 13. The van der Waals surface area contributed by atoms with E-state index in [4.69, 9.17) is 0 Å². The summed E-state index contributed by atoms with van der Waals surface area (Å²) < 4.78 is 0. The van der Waals surface area contributed by atoms with Gasteiger partial charge in [0.25, 0.3) is 29.5 Å². The number of carboxylic acids is 1. The molecular formula is C33H28N8O9. The van der Waals surface area contributed by atoms with Gasteiger partial charge in [-0.2, -0.15) is 10.2 Å². The summed E-state index contributed by atoms with van der Waals surface area (Å²) in [5.41, 5.74) is 0.972. The molecular weight excluding hydrogens is 652 g/mol. The van der Waals surface area contributed by atoms with E-state index in [0.29, 0.717) is 16.7 Å². The van der Waals surface area contributed by atoms with Gasteiger partial charge in [-0.05, 0) is 74.0 Å². The lowest BCUT2D eigenvalue weighted by Crippen LogP contribution is -2.33. The number of hydrogen-bond acceptors (Lipinski definition) is 10. The van der Waals surface area contributed by atoms with E-state index < -0.39 is 53.0 Å². The number of azo groups is 1. The summed E-state index contributed by atoms with van der Waals surface area (Å²) in [6.07, 6.45) is 2.57. The van der Waals surface area contributed by atoms with Crippen molar-refractivity contribution < 1.29 is 38.7 Å². The van der Waals surface area contributed by atoms with Gasteiger partial charge in [0.1, 0.15) is 0 Å². The molecule has 0 saturated heterocycles. The number of anilines is 2. The Hall–Kier alpha value is -7.04. The number of nitrogens with zero attached hydrogens (tertiary/aromatic N) is 3. The average Bonchev–Trinajstić information content (AvgIpc) is 3.61. The Kier molecular flexibility index (Phi) is 10.2. The van der Waals surface area contributed by atoms with Gasteiger partial charge in [0, 0.05) is 47.7 Å². The van der Waals surface area contributed by atoms with Crippen LogP contribution in [0.2, 0.25) is 0 Å². The van der Waals surface area contributed by atoms with E-state index in [1.54, 1.807) is 12.1 Å². The van der Waals surface area contributed by atoms with Crippen molar-refractivity contribution in [1.82, 2.24) is 20.2 Å². The number of carbonyl (C=O) groups excluding carboxylic acids is 6. The number of amides is 5. The van der Waals surface area contributed by atoms with Gasteiger partial charge in [0.2, 0.25) is 6.04 Å². The molecule has 0 fully saturated rings. The lowest BCUT2D eigenvalue weighted by Gasteiger charge is -2.14. The molecule has 6 N–H and O–H groups in total. The van der Waals surface area contributed by atoms with Crippen LogP contribution in [0.1, 0.15) is 44.4 Å². The zero-order valence-electron chi connectivity index (χ0n) is 26.2. The number of aromatic nitrogens is 2. The Morgan fingerprint density at radius 1 is 0.780 bits per heavy atom. The number of Topliss-reactive ketones (excluding diaryl/α,β-unsaturated/α-hetero) is 1. The van der Waals surface area contributed by atoms with Crippen LogP contribution >= 0.6 is 0 Å². The number of ketones is 1. The number of nitrogens with one attached hydrogen (secondary N) is 5. The van der Waals surface area contributed by atoms with Gasteiger partial charge in [-0.15, -0.1) is 0 Å². The molecule has 1 aliphatic heterocycles. The van der Waals surface area contributed by atoms with Gasteiger partial charge in [0.05, 0.1) is 22.3 Å². The predicted octanol–water partition coefficient (Wildman–Crippen LogP) is 2.53. The van der Waals surface area contributed by atoms with Gasteiger partial charge in [-0.1, -0.05) is 0 Å². The van der Waals surface area contributed by atoms with Crippen molar-refractivity contribution in [3.8, 4) is 0 Å². The fourth-order valence-corrected chi connectivity index (χ4v) is 4.79. The van der Waals surface area contributed by atoms with Crippen molar-refractivity contribution in [2.24, 2.45) is 10.2 Å². The Balaban J connectivity index is 1.20. The largest absolute Gasteiger partial charge is 0.478 e. The molecule has 1 aliphatic rings. The number of hydrogen-bond donors (Lipinski definition) is 6. The van der Waals surface area contributed by atoms with E-state index in [9.17, 15) is 43.5 Å². The third-order valence-corrected chi connectivity index (χ3v) is 7.28. The summed E-state index contributed by atoms with van der Waals surface area (Å²) in [4.78, 5) is 103. The molecule has 4 aromatic rings. The maximum Gasteiger partial charge on any atom is 0.335 e. The fourth-order valence-electron chi connectivity index (χ4n) is 4.79. The third-order valence-electron chi connectivity index (χ3n) is 7.28. The summed E-state index contributed by atoms with van der Waals surface area (Å²) in [6, 6.07) is 12.4. The van der Waals surface area contributed by atoms with Crippen LogP contribution in [0, 0.1) is 0 Å². The summed E-state index contributed by atoms with van der Waals surface area (Å²) in [5, 5.41) is 25.1. The summed E-state index contributed by atoms with van der Waals surface area (Å²) >= 11 is 0. The van der Waals surface area contributed by atoms with E-state index in [0.717, 1.165) is 23.1 Å². The second-order valence-corrected chi connectivity index (χ2v) is 10.9. The van der Waals surface area contributed by atoms with Crippen molar-refractivity contribution in [1.29, 1.82) is 0 Å². The first-order valence-electron chi connectivity index (χ1n) is 14.9. The number of fused-ring (bicyclic) bond motifs is 1. The second-order valence-electron chi connectivity index (χ2n) is 10.9. The summed E-state index contributed by atoms with van der Waals surface area (Å²) in [5.74, 6) is -4.83. The first kappa shape index (κ1) is 34.3. The van der Waals surface area contributed by atoms with Crippen molar-refractivity contribution in [2.75, 3.05) is 23.7 Å². The number of carbonyl (C=O) groups is 7. The number of aromatic carboxylic acids is 1. The Morgan fingerprint density at radius 2 is 1.46 bits per heavy atom. The van der Waals surface area contributed by atoms with Gasteiger partial charge >= 0.3 is 11.7 Å². The van der Waals surface area contributed by atoms with Crippen molar-refractivity contribution >= 4 is 69.4 Å². The SMILES string of the molecule is CC(=O)C(N=Nc1ccc(C(=O)Nc2cc(C(=O)O)cc(C(=O)NCCCN3C(=O)C=CC3=O)c2)cc1)C(=O)Nc1ccc2[nH]c(=O)[nH]c2c1. The van der Waals surface area contributed by atoms with Crippen LogP contribution in [-0.2, 0) is 19.2 Å². The lowest BCUT2D eigenvalue weighted by atomic mass is 10.1. The molecule has 2 heterocycles. The molecule has 0 spiro atoms. The molecule has 1 atom stereocenters. The molecule has 1 unspecified atom stereocenters. The maximum atomic E-state index is 13.0. The van der Waals surface area contributed by atoms with E-state index in [1.165, 1.54) is 49.4 Å². The highest BCUT2D eigenvalue weighted by molar-refractivity contribution is 6.13. The molecule has 3 aromatic carbocycles. The fraction of sp³-hybridized carbons (Fsp3) is 0.152. The molecule has 0 bridgehead atoms. The molecule has 17 heteroatoms. The van der Waals surface area contributed by atoms with Gasteiger partial charge < -0.3 is 31.0 Å². The van der Waals surface area contributed by atoms with Crippen LogP contribution in [-0.4, -0.2) is 80.4 Å². The Bertz CT molecular complexity index is 2150. The minimum Gasteiger partial charge on any atom is -0.478 e. The maximum absolute atomic E-state index is 13.0. The van der Waals surface area contributed by atoms with Crippen LogP contribution in [0.25, 0.3) is 11.0 Å². The highest BCUT2D eigenvalue weighted by Crippen LogP contribution is 2.20. The smallest absolute Gasteiger partial charge is 0.335 e. The zero-order valence-corrected chi connectivity index (χ0v) is 26.2. The molecule has 5 amide bonds. The van der Waals surface area contributed by atoms with Gasteiger partial charge in [-0.3, -0.25) is 33.7 Å².